The molecule has 2 unspecified atom stereocenters. The summed E-state index contributed by atoms with van der Waals surface area (Å²) in [5.41, 5.74) is -1.64. The molecule has 1 saturated carbocycles. The van der Waals surface area contributed by atoms with E-state index in [2.05, 4.69) is 5.32 Å². The number of amides is 1. The van der Waals surface area contributed by atoms with Gasteiger partial charge < -0.3 is 5.32 Å². The van der Waals surface area contributed by atoms with E-state index in [1.165, 1.54) is 6.92 Å². The van der Waals surface area contributed by atoms with Crippen LogP contribution < -0.4 is 10.6 Å². The summed E-state index contributed by atoms with van der Waals surface area (Å²) in [5.74, 6) is -5.24. The molecule has 0 bridgehead atoms. The van der Waals surface area contributed by atoms with E-state index in [-0.39, 0.29) is 6.42 Å². The second kappa shape index (κ2) is 8.61. The van der Waals surface area contributed by atoms with Gasteiger partial charge in [0.15, 0.2) is 0 Å². The van der Waals surface area contributed by atoms with E-state index in [9.17, 15) is 31.1 Å². The van der Waals surface area contributed by atoms with Crippen LogP contribution in [0.15, 0.2) is 24.3 Å². The fraction of sp³-hybridized carbons (Fsp3) is 0.579. The number of nitrogens with one attached hydrogen (secondary N) is 2. The first-order valence-electron chi connectivity index (χ1n) is 9.11. The van der Waals surface area contributed by atoms with Crippen LogP contribution in [0.1, 0.15) is 50.6 Å². The number of rotatable bonds is 9. The van der Waals surface area contributed by atoms with Crippen LogP contribution in [0.25, 0.3) is 0 Å². The predicted molar refractivity (Wildman–Crippen MR) is 92.3 cm³/mol. The lowest BCUT2D eigenvalue weighted by atomic mass is 9.99. The fourth-order valence-corrected chi connectivity index (χ4v) is 2.94. The van der Waals surface area contributed by atoms with Crippen molar-refractivity contribution in [2.45, 2.75) is 68.7 Å². The Morgan fingerprint density at radius 1 is 1.21 bits per heavy atom. The molecule has 2 atom stereocenters. The summed E-state index contributed by atoms with van der Waals surface area (Å²) >= 11 is 0. The highest BCUT2D eigenvalue weighted by Gasteiger charge is 2.49. The molecule has 4 nitrogen and oxygen atoms in total. The van der Waals surface area contributed by atoms with Gasteiger partial charge in [-0.05, 0) is 30.5 Å². The van der Waals surface area contributed by atoms with Crippen LogP contribution in [-0.2, 0) is 4.79 Å². The van der Waals surface area contributed by atoms with Crippen LogP contribution in [-0.4, -0.2) is 29.6 Å². The Hall–Kier alpha value is -2.28. The first-order valence-corrected chi connectivity index (χ1v) is 9.11. The van der Waals surface area contributed by atoms with Crippen LogP contribution in [0.4, 0.5) is 26.3 Å². The maximum atomic E-state index is 14.2. The summed E-state index contributed by atoms with van der Waals surface area (Å²) in [6.07, 6.45) is -6.02. The van der Waals surface area contributed by atoms with Crippen molar-refractivity contribution >= 4 is 5.91 Å². The minimum absolute atomic E-state index is 0.0735. The standard InChI is InChI=1S/C19H21F6N3O/c1-2-7-18(21,22)10-14(16(29)28-17(11-26)8-9-17)27-15(19(23,24)25)12-3-5-13(20)6-4-12/h3-6,14-15,27H,2,7-10H2,1H3,(H,28,29). The molecule has 2 N–H and O–H groups in total. The Labute approximate surface area is 164 Å². The summed E-state index contributed by atoms with van der Waals surface area (Å²) in [6, 6.07) is 0.835. The molecule has 29 heavy (non-hydrogen) atoms. The van der Waals surface area contributed by atoms with E-state index in [0.717, 1.165) is 24.3 Å². The SMILES string of the molecule is CCCC(F)(F)CC(NC(c1ccc(F)cc1)C(F)(F)F)C(=O)NC1(C#N)CC1. The fourth-order valence-electron chi connectivity index (χ4n) is 2.94. The number of nitrogens with zero attached hydrogens (tertiary/aromatic N) is 1. The lowest BCUT2D eigenvalue weighted by Gasteiger charge is -2.30. The molecule has 2 rings (SSSR count). The Balaban J connectivity index is 2.30. The van der Waals surface area contributed by atoms with Crippen LogP contribution in [0.2, 0.25) is 0 Å². The van der Waals surface area contributed by atoms with Gasteiger partial charge in [-0.2, -0.15) is 18.4 Å². The summed E-state index contributed by atoms with van der Waals surface area (Å²) in [4.78, 5) is 12.5. The van der Waals surface area contributed by atoms with E-state index in [0.29, 0.717) is 12.8 Å². The van der Waals surface area contributed by atoms with Gasteiger partial charge in [0.2, 0.25) is 11.8 Å². The van der Waals surface area contributed by atoms with Gasteiger partial charge in [-0.1, -0.05) is 25.5 Å². The van der Waals surface area contributed by atoms with Gasteiger partial charge >= 0.3 is 6.18 Å². The molecule has 0 radical (unpaired) electrons. The van der Waals surface area contributed by atoms with Crippen molar-refractivity contribution in [3.63, 3.8) is 0 Å². The molecule has 10 heteroatoms. The molecule has 0 saturated heterocycles. The highest BCUT2D eigenvalue weighted by Crippen LogP contribution is 2.37. The van der Waals surface area contributed by atoms with Gasteiger partial charge in [0.05, 0.1) is 12.1 Å². The Morgan fingerprint density at radius 2 is 1.79 bits per heavy atom. The number of hydrogen-bond acceptors (Lipinski definition) is 3. The molecule has 0 aromatic heterocycles. The molecule has 0 heterocycles. The summed E-state index contributed by atoms with van der Waals surface area (Å²) in [5, 5.41) is 13.3. The molecule has 0 aliphatic heterocycles. The minimum atomic E-state index is -4.93. The van der Waals surface area contributed by atoms with Gasteiger partial charge in [0.25, 0.3) is 0 Å². The van der Waals surface area contributed by atoms with Gasteiger partial charge in [-0.25, -0.2) is 13.2 Å². The molecule has 160 valence electrons. The lowest BCUT2D eigenvalue weighted by Crippen LogP contribution is -2.53. The molecule has 1 aliphatic carbocycles. The van der Waals surface area contributed by atoms with Crippen molar-refractivity contribution in [1.29, 1.82) is 5.26 Å². The Bertz CT molecular complexity index is 753. The highest BCUT2D eigenvalue weighted by atomic mass is 19.4. The summed E-state index contributed by atoms with van der Waals surface area (Å²) in [6.45, 7) is 1.49. The van der Waals surface area contributed by atoms with E-state index < -0.39 is 59.9 Å². The topological polar surface area (TPSA) is 64.9 Å². The molecule has 1 aliphatic rings. The quantitative estimate of drug-likeness (QED) is 0.582. The van der Waals surface area contributed by atoms with Crippen molar-refractivity contribution in [2.75, 3.05) is 0 Å². The molecule has 1 aromatic carbocycles. The number of carbonyl (C=O) groups is 1. The number of carbonyl (C=O) groups excluding carboxylic acids is 1. The maximum absolute atomic E-state index is 14.2. The third kappa shape index (κ3) is 6.35. The lowest BCUT2D eigenvalue weighted by molar-refractivity contribution is -0.163. The Kier molecular flexibility index (Phi) is 6.83. The third-order valence-electron chi connectivity index (χ3n) is 4.66. The van der Waals surface area contributed by atoms with Gasteiger partial charge in [-0.15, -0.1) is 0 Å². The van der Waals surface area contributed by atoms with Gasteiger partial charge in [-0.3, -0.25) is 10.1 Å². The number of halogens is 6. The zero-order valence-corrected chi connectivity index (χ0v) is 15.6. The highest BCUT2D eigenvalue weighted by molar-refractivity contribution is 5.83. The molecule has 1 aromatic rings. The van der Waals surface area contributed by atoms with Crippen molar-refractivity contribution in [3.05, 3.63) is 35.6 Å². The largest absolute Gasteiger partial charge is 0.407 e. The molecular weight excluding hydrogens is 400 g/mol. The van der Waals surface area contributed by atoms with Gasteiger partial charge in [0.1, 0.15) is 17.4 Å². The number of nitriles is 1. The zero-order chi connectivity index (χ0) is 21.9. The maximum Gasteiger partial charge on any atom is 0.407 e. The van der Waals surface area contributed by atoms with Crippen LogP contribution in [0, 0.1) is 17.1 Å². The molecular formula is C19H21F6N3O. The minimum Gasteiger partial charge on any atom is -0.336 e. The average molecular weight is 421 g/mol. The van der Waals surface area contributed by atoms with Crippen molar-refractivity contribution in [3.8, 4) is 6.07 Å². The van der Waals surface area contributed by atoms with Crippen molar-refractivity contribution in [1.82, 2.24) is 10.6 Å². The first kappa shape index (κ1) is 23.0. The van der Waals surface area contributed by atoms with E-state index in [4.69, 9.17) is 5.26 Å². The Morgan fingerprint density at radius 3 is 2.24 bits per heavy atom. The molecule has 0 spiro atoms. The number of alkyl halides is 5. The van der Waals surface area contributed by atoms with Crippen LogP contribution >= 0.6 is 0 Å². The number of benzene rings is 1. The second-order valence-electron chi connectivity index (χ2n) is 7.24. The third-order valence-corrected chi connectivity index (χ3v) is 4.66. The van der Waals surface area contributed by atoms with E-state index >= 15 is 0 Å². The predicted octanol–water partition coefficient (Wildman–Crippen LogP) is 4.39. The monoisotopic (exact) mass is 421 g/mol. The summed E-state index contributed by atoms with van der Waals surface area (Å²) < 4.78 is 82.2. The van der Waals surface area contributed by atoms with Gasteiger partial charge in [0, 0.05) is 12.8 Å². The second-order valence-corrected chi connectivity index (χ2v) is 7.24. The van der Waals surface area contributed by atoms with Crippen LogP contribution in [0.5, 0.6) is 0 Å². The number of hydrogen-bond donors (Lipinski definition) is 2. The first-order chi connectivity index (χ1) is 13.4. The average Bonchev–Trinajstić information content (AvgIpc) is 3.38. The molecule has 1 amide bonds. The van der Waals surface area contributed by atoms with E-state index in [1.807, 2.05) is 11.4 Å². The normalized spacial score (nSPS) is 17.9. The molecule has 1 fully saturated rings. The van der Waals surface area contributed by atoms with E-state index in [1.54, 1.807) is 0 Å². The van der Waals surface area contributed by atoms with Crippen molar-refractivity contribution < 1.29 is 31.1 Å². The smallest absolute Gasteiger partial charge is 0.336 e. The summed E-state index contributed by atoms with van der Waals surface area (Å²) in [7, 11) is 0. The van der Waals surface area contributed by atoms with Crippen LogP contribution in [0.3, 0.4) is 0 Å². The van der Waals surface area contributed by atoms with Crippen molar-refractivity contribution in [2.24, 2.45) is 0 Å². The zero-order valence-electron chi connectivity index (χ0n) is 15.6.